The van der Waals surface area contributed by atoms with E-state index in [0.29, 0.717) is 48.7 Å². The predicted molar refractivity (Wildman–Crippen MR) is 85.6 cm³/mol. The molecule has 116 valence electrons. The molecule has 0 fully saturated rings. The largest absolute Gasteiger partial charge is 0.339 e. The van der Waals surface area contributed by atoms with Crippen molar-refractivity contribution < 1.29 is 9.59 Å². The summed E-state index contributed by atoms with van der Waals surface area (Å²) in [4.78, 5) is 25.6. The van der Waals surface area contributed by atoms with E-state index in [1.165, 1.54) is 0 Å². The van der Waals surface area contributed by atoms with E-state index in [-0.39, 0.29) is 11.8 Å². The summed E-state index contributed by atoms with van der Waals surface area (Å²) in [6.45, 7) is 5.57. The Morgan fingerprint density at radius 3 is 2.48 bits per heavy atom. The van der Waals surface area contributed by atoms with E-state index in [9.17, 15) is 9.59 Å². The van der Waals surface area contributed by atoms with Crippen LogP contribution in [0.25, 0.3) is 0 Å². The number of hydrogen-bond donors (Lipinski definition) is 2. The number of rotatable bonds is 7. The third kappa shape index (κ3) is 5.02. The average molecular weight is 312 g/mol. The number of benzene rings is 1. The highest BCUT2D eigenvalue weighted by atomic mass is 35.5. The minimum atomic E-state index is -0.112. The lowest BCUT2D eigenvalue weighted by Crippen LogP contribution is -2.30. The Labute approximate surface area is 130 Å². The van der Waals surface area contributed by atoms with Crippen LogP contribution in [0.4, 0.5) is 5.69 Å². The molecule has 1 aromatic carbocycles. The fraction of sp³-hybridized carbons (Fsp3) is 0.467. The van der Waals surface area contributed by atoms with Crippen molar-refractivity contribution in [1.29, 1.82) is 0 Å². The summed E-state index contributed by atoms with van der Waals surface area (Å²) in [5, 5.41) is 3.07. The van der Waals surface area contributed by atoms with Crippen LogP contribution in [0.2, 0.25) is 5.02 Å². The molecule has 1 rings (SSSR count). The van der Waals surface area contributed by atoms with Gasteiger partial charge in [0.25, 0.3) is 5.91 Å². The summed E-state index contributed by atoms with van der Waals surface area (Å²) < 4.78 is 0. The molecular formula is C15H22ClN3O2. The number of amides is 2. The van der Waals surface area contributed by atoms with Crippen LogP contribution in [0.3, 0.4) is 0 Å². The number of nitrogens with one attached hydrogen (secondary N) is 1. The Morgan fingerprint density at radius 2 is 1.95 bits per heavy atom. The van der Waals surface area contributed by atoms with E-state index < -0.39 is 0 Å². The molecule has 2 amide bonds. The zero-order chi connectivity index (χ0) is 15.8. The summed E-state index contributed by atoms with van der Waals surface area (Å²) in [6, 6.07) is 4.92. The Morgan fingerprint density at radius 1 is 1.29 bits per heavy atom. The van der Waals surface area contributed by atoms with Crippen molar-refractivity contribution in [1.82, 2.24) is 4.90 Å². The van der Waals surface area contributed by atoms with Gasteiger partial charge in [0, 0.05) is 25.2 Å². The molecule has 0 radical (unpaired) electrons. The summed E-state index contributed by atoms with van der Waals surface area (Å²) >= 11 is 6.15. The maximum absolute atomic E-state index is 12.2. The summed E-state index contributed by atoms with van der Waals surface area (Å²) in [5.41, 5.74) is 6.39. The molecule has 0 unspecified atom stereocenters. The van der Waals surface area contributed by atoms with E-state index in [1.54, 1.807) is 23.1 Å². The van der Waals surface area contributed by atoms with E-state index in [4.69, 9.17) is 17.3 Å². The molecule has 0 aliphatic rings. The highest BCUT2D eigenvalue weighted by Crippen LogP contribution is 2.22. The first-order valence-corrected chi connectivity index (χ1v) is 7.50. The molecule has 0 heterocycles. The van der Waals surface area contributed by atoms with Crippen molar-refractivity contribution in [3.05, 3.63) is 28.8 Å². The second-order valence-corrected chi connectivity index (χ2v) is 5.02. The normalized spacial score (nSPS) is 10.3. The summed E-state index contributed by atoms with van der Waals surface area (Å²) in [5.74, 6) is -0.217. The van der Waals surface area contributed by atoms with Crippen LogP contribution in [-0.2, 0) is 4.79 Å². The zero-order valence-corrected chi connectivity index (χ0v) is 13.2. The van der Waals surface area contributed by atoms with Gasteiger partial charge in [0.15, 0.2) is 0 Å². The molecule has 0 aliphatic heterocycles. The van der Waals surface area contributed by atoms with Crippen LogP contribution in [-0.4, -0.2) is 36.3 Å². The van der Waals surface area contributed by atoms with Crippen molar-refractivity contribution in [3.63, 3.8) is 0 Å². The molecule has 21 heavy (non-hydrogen) atoms. The maximum atomic E-state index is 12.2. The van der Waals surface area contributed by atoms with E-state index in [1.807, 2.05) is 13.8 Å². The van der Waals surface area contributed by atoms with Gasteiger partial charge in [-0.2, -0.15) is 0 Å². The first-order chi connectivity index (χ1) is 10.0. The lowest BCUT2D eigenvalue weighted by atomic mass is 10.1. The average Bonchev–Trinajstić information content (AvgIpc) is 2.46. The van der Waals surface area contributed by atoms with Crippen molar-refractivity contribution in [2.24, 2.45) is 5.73 Å². The minimum Gasteiger partial charge on any atom is -0.339 e. The third-order valence-electron chi connectivity index (χ3n) is 3.14. The molecule has 0 saturated carbocycles. The van der Waals surface area contributed by atoms with Gasteiger partial charge in [-0.1, -0.05) is 11.6 Å². The minimum absolute atomic E-state index is 0.106. The highest BCUT2D eigenvalue weighted by Gasteiger charge is 2.16. The standard InChI is InChI=1S/C15H22ClN3O2/c1-3-19(4-2)15(21)12-8-7-11(10-13(12)16)18-14(20)6-5-9-17/h7-8,10H,3-6,9,17H2,1-2H3,(H,18,20). The number of carbonyl (C=O) groups excluding carboxylic acids is 2. The number of anilines is 1. The summed E-state index contributed by atoms with van der Waals surface area (Å²) in [6.07, 6.45) is 1.01. The van der Waals surface area contributed by atoms with Crippen molar-refractivity contribution in [3.8, 4) is 0 Å². The van der Waals surface area contributed by atoms with Crippen molar-refractivity contribution >= 4 is 29.1 Å². The van der Waals surface area contributed by atoms with Crippen LogP contribution >= 0.6 is 11.6 Å². The van der Waals surface area contributed by atoms with Crippen LogP contribution in [0, 0.1) is 0 Å². The third-order valence-corrected chi connectivity index (χ3v) is 3.45. The molecule has 5 nitrogen and oxygen atoms in total. The highest BCUT2D eigenvalue weighted by molar-refractivity contribution is 6.34. The Bertz CT molecular complexity index is 502. The molecular weight excluding hydrogens is 290 g/mol. The fourth-order valence-corrected chi connectivity index (χ4v) is 2.19. The molecule has 1 aromatic rings. The van der Waals surface area contributed by atoms with Gasteiger partial charge in [0.05, 0.1) is 10.6 Å². The van der Waals surface area contributed by atoms with Crippen LogP contribution in [0.15, 0.2) is 18.2 Å². The van der Waals surface area contributed by atoms with Gasteiger partial charge in [0.1, 0.15) is 0 Å². The lowest BCUT2D eigenvalue weighted by molar-refractivity contribution is -0.116. The van der Waals surface area contributed by atoms with Gasteiger partial charge in [0.2, 0.25) is 5.91 Å². The van der Waals surface area contributed by atoms with Gasteiger partial charge in [-0.15, -0.1) is 0 Å². The Hall–Kier alpha value is -1.59. The molecule has 0 aliphatic carbocycles. The first-order valence-electron chi connectivity index (χ1n) is 7.12. The lowest BCUT2D eigenvalue weighted by Gasteiger charge is -2.19. The number of halogens is 1. The smallest absolute Gasteiger partial charge is 0.255 e. The Balaban J connectivity index is 2.80. The molecule has 6 heteroatoms. The second kappa shape index (κ2) is 8.64. The van der Waals surface area contributed by atoms with Crippen molar-refractivity contribution in [2.45, 2.75) is 26.7 Å². The summed E-state index contributed by atoms with van der Waals surface area (Å²) in [7, 11) is 0. The van der Waals surface area contributed by atoms with Gasteiger partial charge >= 0.3 is 0 Å². The molecule has 0 atom stereocenters. The molecule has 0 spiro atoms. The number of nitrogens with two attached hydrogens (primary N) is 1. The number of hydrogen-bond acceptors (Lipinski definition) is 3. The topological polar surface area (TPSA) is 75.4 Å². The fourth-order valence-electron chi connectivity index (χ4n) is 1.93. The number of nitrogens with zero attached hydrogens (tertiary/aromatic N) is 1. The molecule has 0 aromatic heterocycles. The van der Waals surface area contributed by atoms with Crippen LogP contribution in [0.1, 0.15) is 37.0 Å². The molecule has 3 N–H and O–H groups in total. The van der Waals surface area contributed by atoms with Crippen molar-refractivity contribution in [2.75, 3.05) is 25.0 Å². The zero-order valence-electron chi connectivity index (χ0n) is 12.5. The molecule has 0 saturated heterocycles. The maximum Gasteiger partial charge on any atom is 0.255 e. The Kier molecular flexibility index (Phi) is 7.19. The van der Waals surface area contributed by atoms with Crippen LogP contribution < -0.4 is 11.1 Å². The van der Waals surface area contributed by atoms with E-state index >= 15 is 0 Å². The SMILES string of the molecule is CCN(CC)C(=O)c1ccc(NC(=O)CCCN)cc1Cl. The van der Waals surface area contributed by atoms with E-state index in [0.717, 1.165) is 0 Å². The van der Waals surface area contributed by atoms with E-state index in [2.05, 4.69) is 5.32 Å². The molecule has 0 bridgehead atoms. The predicted octanol–water partition coefficient (Wildman–Crippen LogP) is 2.50. The van der Waals surface area contributed by atoms with Gasteiger partial charge in [-0.05, 0) is 45.0 Å². The van der Waals surface area contributed by atoms with Gasteiger partial charge in [-0.3, -0.25) is 9.59 Å². The van der Waals surface area contributed by atoms with Gasteiger partial charge < -0.3 is 16.0 Å². The monoisotopic (exact) mass is 311 g/mol. The second-order valence-electron chi connectivity index (χ2n) is 4.61. The van der Waals surface area contributed by atoms with Gasteiger partial charge in [-0.25, -0.2) is 0 Å². The number of carbonyl (C=O) groups is 2. The van der Waals surface area contributed by atoms with Crippen LogP contribution in [0.5, 0.6) is 0 Å². The first kappa shape index (κ1) is 17.5. The quantitative estimate of drug-likeness (QED) is 0.812.